The minimum atomic E-state index is -0.911. The van der Waals surface area contributed by atoms with Crippen LogP contribution in [0.5, 0.6) is 0 Å². The van der Waals surface area contributed by atoms with Crippen molar-refractivity contribution >= 4 is 28.7 Å². The van der Waals surface area contributed by atoms with E-state index in [1.54, 1.807) is 6.26 Å². The van der Waals surface area contributed by atoms with Crippen LogP contribution in [0, 0.1) is 0 Å². The maximum absolute atomic E-state index is 11.0. The SMILES string of the molecule is O=C(O)c1scc2c1NC(c1ccco1)CN2. The average Bonchev–Trinajstić information content (AvgIpc) is 2.97. The summed E-state index contributed by atoms with van der Waals surface area (Å²) in [5, 5.41) is 17.3. The lowest BCUT2D eigenvalue weighted by molar-refractivity contribution is 0.0703. The van der Waals surface area contributed by atoms with Crippen LogP contribution >= 0.6 is 11.3 Å². The van der Waals surface area contributed by atoms with E-state index in [1.165, 1.54) is 11.3 Å². The Morgan fingerprint density at radius 2 is 2.47 bits per heavy atom. The van der Waals surface area contributed by atoms with E-state index >= 15 is 0 Å². The molecule has 1 atom stereocenters. The third-order valence-corrected chi connectivity index (χ3v) is 3.66. The zero-order valence-corrected chi connectivity index (χ0v) is 9.58. The van der Waals surface area contributed by atoms with Gasteiger partial charge in [0.15, 0.2) is 0 Å². The molecule has 0 amide bonds. The van der Waals surface area contributed by atoms with Crippen LogP contribution in [0.1, 0.15) is 21.5 Å². The summed E-state index contributed by atoms with van der Waals surface area (Å²) in [6.07, 6.45) is 1.61. The van der Waals surface area contributed by atoms with Gasteiger partial charge in [0, 0.05) is 11.9 Å². The van der Waals surface area contributed by atoms with Gasteiger partial charge in [-0.3, -0.25) is 0 Å². The van der Waals surface area contributed by atoms with E-state index in [2.05, 4.69) is 10.6 Å². The maximum Gasteiger partial charge on any atom is 0.348 e. The predicted molar refractivity (Wildman–Crippen MR) is 64.8 cm³/mol. The molecular weight excluding hydrogens is 240 g/mol. The Bertz CT molecular complexity index is 547. The molecule has 0 saturated heterocycles. The molecule has 2 aromatic heterocycles. The number of carboxylic acid groups (broad SMARTS) is 1. The van der Waals surface area contributed by atoms with Crippen molar-refractivity contribution < 1.29 is 14.3 Å². The number of rotatable bonds is 2. The second-order valence-electron chi connectivity index (χ2n) is 3.75. The van der Waals surface area contributed by atoms with Gasteiger partial charge in [-0.05, 0) is 12.1 Å². The van der Waals surface area contributed by atoms with Crippen molar-refractivity contribution in [1.82, 2.24) is 0 Å². The molecule has 6 heteroatoms. The van der Waals surface area contributed by atoms with Crippen molar-refractivity contribution in [3.05, 3.63) is 34.4 Å². The Morgan fingerprint density at radius 1 is 1.59 bits per heavy atom. The van der Waals surface area contributed by atoms with Crippen LogP contribution in [-0.4, -0.2) is 17.6 Å². The summed E-state index contributed by atoms with van der Waals surface area (Å²) < 4.78 is 5.32. The Morgan fingerprint density at radius 3 is 3.18 bits per heavy atom. The number of hydrogen-bond donors (Lipinski definition) is 3. The van der Waals surface area contributed by atoms with E-state index in [9.17, 15) is 4.79 Å². The molecule has 1 aliphatic rings. The largest absolute Gasteiger partial charge is 0.477 e. The van der Waals surface area contributed by atoms with Gasteiger partial charge in [0.2, 0.25) is 0 Å². The van der Waals surface area contributed by atoms with E-state index in [1.807, 2.05) is 17.5 Å². The van der Waals surface area contributed by atoms with Crippen molar-refractivity contribution in [3.8, 4) is 0 Å². The maximum atomic E-state index is 11.0. The monoisotopic (exact) mass is 250 g/mol. The third-order valence-electron chi connectivity index (χ3n) is 2.69. The highest BCUT2D eigenvalue weighted by atomic mass is 32.1. The molecule has 0 radical (unpaired) electrons. The number of carboxylic acids is 1. The molecule has 3 rings (SSSR count). The van der Waals surface area contributed by atoms with Gasteiger partial charge in [-0.1, -0.05) is 0 Å². The van der Waals surface area contributed by atoms with Crippen LogP contribution in [0.4, 0.5) is 11.4 Å². The van der Waals surface area contributed by atoms with E-state index in [0.717, 1.165) is 11.4 Å². The van der Waals surface area contributed by atoms with E-state index < -0.39 is 5.97 Å². The summed E-state index contributed by atoms with van der Waals surface area (Å²) in [7, 11) is 0. The van der Waals surface area contributed by atoms with Crippen LogP contribution in [0.2, 0.25) is 0 Å². The minimum absolute atomic E-state index is 0.0369. The highest BCUT2D eigenvalue weighted by Gasteiger charge is 2.26. The molecule has 17 heavy (non-hydrogen) atoms. The highest BCUT2D eigenvalue weighted by Crippen LogP contribution is 2.38. The lowest BCUT2D eigenvalue weighted by Crippen LogP contribution is -2.25. The second kappa shape index (κ2) is 3.81. The standard InChI is InChI=1S/C11H10N2O3S/c14-11(15)10-9-7(5-17-10)12-4-6(13-9)8-2-1-3-16-8/h1-3,5-6,12-13H,4H2,(H,14,15). The van der Waals surface area contributed by atoms with Crippen molar-refractivity contribution in [1.29, 1.82) is 0 Å². The molecule has 3 heterocycles. The van der Waals surface area contributed by atoms with Crippen molar-refractivity contribution in [2.45, 2.75) is 6.04 Å². The van der Waals surface area contributed by atoms with Gasteiger partial charge in [0.1, 0.15) is 16.7 Å². The summed E-state index contributed by atoms with van der Waals surface area (Å²) in [5.74, 6) is -0.115. The van der Waals surface area contributed by atoms with Crippen molar-refractivity contribution in [2.75, 3.05) is 17.2 Å². The number of fused-ring (bicyclic) bond motifs is 1. The Hall–Kier alpha value is -1.95. The number of furan rings is 1. The first-order valence-corrected chi connectivity index (χ1v) is 6.02. The van der Waals surface area contributed by atoms with Gasteiger partial charge in [0.25, 0.3) is 0 Å². The number of anilines is 2. The number of nitrogens with one attached hydrogen (secondary N) is 2. The van der Waals surface area contributed by atoms with Crippen LogP contribution < -0.4 is 10.6 Å². The predicted octanol–water partition coefficient (Wildman–Crippen LogP) is 2.62. The number of aromatic carboxylic acids is 1. The first kappa shape index (κ1) is 10.2. The molecule has 0 saturated carbocycles. The second-order valence-corrected chi connectivity index (χ2v) is 4.63. The third kappa shape index (κ3) is 1.66. The number of thiophene rings is 1. The Kier molecular flexibility index (Phi) is 2.29. The summed E-state index contributed by atoms with van der Waals surface area (Å²) >= 11 is 1.22. The van der Waals surface area contributed by atoms with Crippen molar-refractivity contribution in [2.24, 2.45) is 0 Å². The molecule has 0 aliphatic carbocycles. The van der Waals surface area contributed by atoms with Crippen LogP contribution in [-0.2, 0) is 0 Å². The number of hydrogen-bond acceptors (Lipinski definition) is 5. The lowest BCUT2D eigenvalue weighted by atomic mass is 10.1. The molecule has 88 valence electrons. The van der Waals surface area contributed by atoms with Gasteiger partial charge in [-0.25, -0.2) is 4.79 Å². The summed E-state index contributed by atoms with van der Waals surface area (Å²) in [6.45, 7) is 0.677. The fraction of sp³-hybridized carbons (Fsp3) is 0.182. The molecule has 1 unspecified atom stereocenters. The molecule has 5 nitrogen and oxygen atoms in total. The summed E-state index contributed by atoms with van der Waals surface area (Å²) in [5.41, 5.74) is 1.49. The molecule has 0 aromatic carbocycles. The van der Waals surface area contributed by atoms with Gasteiger partial charge in [-0.15, -0.1) is 11.3 Å². The van der Waals surface area contributed by atoms with Crippen LogP contribution in [0.3, 0.4) is 0 Å². The van der Waals surface area contributed by atoms with E-state index in [4.69, 9.17) is 9.52 Å². The summed E-state index contributed by atoms with van der Waals surface area (Å²) in [6, 6.07) is 3.65. The first-order chi connectivity index (χ1) is 8.25. The zero-order chi connectivity index (χ0) is 11.8. The smallest absolute Gasteiger partial charge is 0.348 e. The normalized spacial score (nSPS) is 18.0. The molecule has 1 aliphatic heterocycles. The van der Waals surface area contributed by atoms with Gasteiger partial charge >= 0.3 is 5.97 Å². The zero-order valence-electron chi connectivity index (χ0n) is 8.77. The quantitative estimate of drug-likeness (QED) is 0.764. The molecule has 0 bridgehead atoms. The van der Waals surface area contributed by atoms with Crippen LogP contribution in [0.15, 0.2) is 28.2 Å². The average molecular weight is 250 g/mol. The van der Waals surface area contributed by atoms with Crippen LogP contribution in [0.25, 0.3) is 0 Å². The molecule has 0 fully saturated rings. The van der Waals surface area contributed by atoms with Crippen molar-refractivity contribution in [3.63, 3.8) is 0 Å². The highest BCUT2D eigenvalue weighted by molar-refractivity contribution is 7.13. The minimum Gasteiger partial charge on any atom is -0.477 e. The fourth-order valence-electron chi connectivity index (χ4n) is 1.89. The fourth-order valence-corrected chi connectivity index (χ4v) is 2.71. The Balaban J connectivity index is 1.94. The molecular formula is C11H10N2O3S. The van der Waals surface area contributed by atoms with Gasteiger partial charge < -0.3 is 20.2 Å². The van der Waals surface area contributed by atoms with E-state index in [-0.39, 0.29) is 6.04 Å². The molecule has 0 spiro atoms. The van der Waals surface area contributed by atoms with E-state index in [0.29, 0.717) is 17.1 Å². The lowest BCUT2D eigenvalue weighted by Gasteiger charge is -2.25. The molecule has 2 aromatic rings. The summed E-state index contributed by atoms with van der Waals surface area (Å²) in [4.78, 5) is 11.4. The first-order valence-electron chi connectivity index (χ1n) is 5.14. The molecule has 3 N–H and O–H groups in total. The Labute approximate surface area is 101 Å². The van der Waals surface area contributed by atoms with Gasteiger partial charge in [-0.2, -0.15) is 0 Å². The van der Waals surface area contributed by atoms with Gasteiger partial charge in [0.05, 0.1) is 17.6 Å². The number of carbonyl (C=O) groups is 1. The topological polar surface area (TPSA) is 74.5 Å².